The van der Waals surface area contributed by atoms with Crippen LogP contribution in [0.1, 0.15) is 59.4 Å². The maximum atomic E-state index is 13.6. The maximum absolute atomic E-state index is 13.6. The average molecular weight is 489 g/mol. The molecule has 1 aliphatic rings. The second kappa shape index (κ2) is 12.7. The molecule has 0 bridgehead atoms. The molecule has 3 amide bonds. The number of carbonyl (C=O) groups is 4. The number of carbonyl (C=O) groups excluding carboxylic acids is 4. The largest absolute Gasteiger partial charge is 0.458 e. The lowest BCUT2D eigenvalue weighted by Gasteiger charge is -2.39. The summed E-state index contributed by atoms with van der Waals surface area (Å²) in [7, 11) is 0. The van der Waals surface area contributed by atoms with Crippen molar-refractivity contribution in [3.8, 4) is 0 Å². The van der Waals surface area contributed by atoms with Crippen molar-refractivity contribution in [1.82, 2.24) is 15.5 Å². The predicted octanol–water partition coefficient (Wildman–Crippen LogP) is 1.54. The van der Waals surface area contributed by atoms with E-state index in [9.17, 15) is 19.2 Å². The van der Waals surface area contributed by atoms with Crippen LogP contribution in [0.3, 0.4) is 0 Å². The van der Waals surface area contributed by atoms with Crippen LogP contribution in [-0.2, 0) is 30.3 Å². The molecule has 1 aliphatic heterocycles. The van der Waals surface area contributed by atoms with Crippen LogP contribution in [-0.4, -0.2) is 65.4 Å². The molecule has 2 rings (SSSR count). The molecule has 4 N–H and O–H groups in total. The second-order valence-electron chi connectivity index (χ2n) is 10.5. The molecular formula is C26H40N4O5. The van der Waals surface area contributed by atoms with E-state index < -0.39 is 35.5 Å². The van der Waals surface area contributed by atoms with Gasteiger partial charge < -0.3 is 26.0 Å². The Balaban J connectivity index is 2.30. The van der Waals surface area contributed by atoms with Gasteiger partial charge in [-0.05, 0) is 45.1 Å². The van der Waals surface area contributed by atoms with Crippen molar-refractivity contribution in [2.75, 3.05) is 13.1 Å². The van der Waals surface area contributed by atoms with Gasteiger partial charge in [-0.3, -0.25) is 14.4 Å². The molecule has 1 saturated heterocycles. The van der Waals surface area contributed by atoms with Gasteiger partial charge in [0.2, 0.25) is 17.7 Å². The van der Waals surface area contributed by atoms with Gasteiger partial charge in [-0.1, -0.05) is 44.2 Å². The molecule has 0 radical (unpaired) electrons. The fourth-order valence-electron chi connectivity index (χ4n) is 4.08. The molecule has 1 fully saturated rings. The van der Waals surface area contributed by atoms with Crippen molar-refractivity contribution < 1.29 is 23.9 Å². The molecule has 9 nitrogen and oxygen atoms in total. The molecule has 0 saturated carbocycles. The van der Waals surface area contributed by atoms with Gasteiger partial charge in [0.05, 0.1) is 6.04 Å². The van der Waals surface area contributed by atoms with Gasteiger partial charge in [0.25, 0.3) is 0 Å². The number of hydrogen-bond acceptors (Lipinski definition) is 6. The Bertz CT molecular complexity index is 881. The number of nitrogens with one attached hydrogen (secondary N) is 2. The molecule has 9 heteroatoms. The van der Waals surface area contributed by atoms with E-state index in [1.165, 1.54) is 0 Å². The number of benzene rings is 1. The topological polar surface area (TPSA) is 131 Å². The van der Waals surface area contributed by atoms with E-state index in [0.29, 0.717) is 31.8 Å². The minimum atomic E-state index is -1.06. The number of ether oxygens (including phenoxy) is 1. The van der Waals surface area contributed by atoms with Gasteiger partial charge in [0, 0.05) is 25.9 Å². The number of nitrogens with two attached hydrogens (primary N) is 1. The average Bonchev–Trinajstić information content (AvgIpc) is 2.75. The number of hydrogen-bond donors (Lipinski definition) is 3. The number of primary amides is 1. The lowest BCUT2D eigenvalue weighted by atomic mass is 9.97. The lowest BCUT2D eigenvalue weighted by Crippen LogP contribution is -2.62. The normalized spacial score (nSPS) is 18.2. The molecule has 194 valence electrons. The van der Waals surface area contributed by atoms with Gasteiger partial charge >= 0.3 is 5.97 Å². The first kappa shape index (κ1) is 28.3. The van der Waals surface area contributed by atoms with Gasteiger partial charge in [-0.2, -0.15) is 0 Å². The molecule has 3 atom stereocenters. The van der Waals surface area contributed by atoms with E-state index in [1.54, 1.807) is 25.7 Å². The number of piperazine rings is 1. The molecule has 1 aromatic carbocycles. The molecule has 0 unspecified atom stereocenters. The summed E-state index contributed by atoms with van der Waals surface area (Å²) in [5, 5.41) is 6.01. The lowest BCUT2D eigenvalue weighted by molar-refractivity contribution is -0.159. The fourth-order valence-corrected chi connectivity index (χ4v) is 4.08. The third-order valence-electron chi connectivity index (χ3n) is 5.67. The van der Waals surface area contributed by atoms with Crippen LogP contribution >= 0.6 is 0 Å². The molecule has 35 heavy (non-hydrogen) atoms. The summed E-state index contributed by atoms with van der Waals surface area (Å²) in [6.07, 6.45) is 0.883. The van der Waals surface area contributed by atoms with Crippen molar-refractivity contribution in [3.63, 3.8) is 0 Å². The number of esters is 1. The van der Waals surface area contributed by atoms with E-state index in [1.807, 2.05) is 44.2 Å². The highest BCUT2D eigenvalue weighted by molar-refractivity contribution is 5.93. The van der Waals surface area contributed by atoms with E-state index in [2.05, 4.69) is 10.6 Å². The first-order chi connectivity index (χ1) is 16.4. The molecule has 1 aromatic rings. The fraction of sp³-hybridized carbons (Fsp3) is 0.615. The van der Waals surface area contributed by atoms with Crippen LogP contribution in [0.2, 0.25) is 0 Å². The van der Waals surface area contributed by atoms with Gasteiger partial charge in [0.1, 0.15) is 17.7 Å². The van der Waals surface area contributed by atoms with Gasteiger partial charge in [-0.15, -0.1) is 0 Å². The SMILES string of the molecule is CC(C)C[C@@H]1NCCN([C@@H](Cc2ccccc2)C(=O)N[C@@H](CCC(N)=O)C(=O)OC(C)(C)C)C1=O. The molecule has 0 spiro atoms. The highest BCUT2D eigenvalue weighted by Crippen LogP contribution is 2.18. The number of amides is 3. The summed E-state index contributed by atoms with van der Waals surface area (Å²) >= 11 is 0. The van der Waals surface area contributed by atoms with E-state index in [0.717, 1.165) is 5.56 Å². The first-order valence-corrected chi connectivity index (χ1v) is 12.3. The monoisotopic (exact) mass is 488 g/mol. The summed E-state index contributed by atoms with van der Waals surface area (Å²) in [5.74, 6) is -1.51. The van der Waals surface area contributed by atoms with Crippen LogP contribution < -0.4 is 16.4 Å². The van der Waals surface area contributed by atoms with Crippen molar-refractivity contribution in [2.45, 2.75) is 84.0 Å². The zero-order chi connectivity index (χ0) is 26.2. The van der Waals surface area contributed by atoms with E-state index in [4.69, 9.17) is 10.5 Å². The standard InChI is InChI=1S/C26H40N4O5/c1-17(2)15-20-24(33)30(14-13-28-20)21(16-18-9-7-6-8-10-18)23(32)29-19(11-12-22(27)31)25(34)35-26(3,4)5/h6-10,17,19-21,28H,11-16H2,1-5H3,(H2,27,31)(H,29,32)/t19-,20-,21-/m0/s1. The number of nitrogens with zero attached hydrogens (tertiary/aromatic N) is 1. The summed E-state index contributed by atoms with van der Waals surface area (Å²) < 4.78 is 5.46. The van der Waals surface area contributed by atoms with E-state index in [-0.39, 0.29) is 24.8 Å². The van der Waals surface area contributed by atoms with Crippen molar-refractivity contribution in [3.05, 3.63) is 35.9 Å². The summed E-state index contributed by atoms with van der Waals surface area (Å²) in [6.45, 7) is 10.2. The third kappa shape index (κ3) is 9.32. The summed E-state index contributed by atoms with van der Waals surface area (Å²) in [5.41, 5.74) is 5.41. The highest BCUT2D eigenvalue weighted by Gasteiger charge is 2.38. The third-order valence-corrected chi connectivity index (χ3v) is 5.67. The molecule has 1 heterocycles. The Labute approximate surface area is 208 Å². The quantitative estimate of drug-likeness (QED) is 0.405. The van der Waals surface area contributed by atoms with Crippen LogP contribution in [0.15, 0.2) is 30.3 Å². The van der Waals surface area contributed by atoms with Crippen LogP contribution in [0.25, 0.3) is 0 Å². The van der Waals surface area contributed by atoms with E-state index >= 15 is 0 Å². The minimum Gasteiger partial charge on any atom is -0.458 e. The highest BCUT2D eigenvalue weighted by atomic mass is 16.6. The Morgan fingerprint density at radius 1 is 1.20 bits per heavy atom. The Kier molecular flexibility index (Phi) is 10.2. The predicted molar refractivity (Wildman–Crippen MR) is 133 cm³/mol. The summed E-state index contributed by atoms with van der Waals surface area (Å²) in [6, 6.07) is 7.19. The summed E-state index contributed by atoms with van der Waals surface area (Å²) in [4.78, 5) is 52.8. The zero-order valence-electron chi connectivity index (χ0n) is 21.5. The van der Waals surface area contributed by atoms with Crippen LogP contribution in [0, 0.1) is 5.92 Å². The van der Waals surface area contributed by atoms with Crippen molar-refractivity contribution >= 4 is 23.7 Å². The maximum Gasteiger partial charge on any atom is 0.329 e. The minimum absolute atomic E-state index is 0.0134. The molecule has 0 aliphatic carbocycles. The molecular weight excluding hydrogens is 448 g/mol. The zero-order valence-corrected chi connectivity index (χ0v) is 21.5. The Hall–Kier alpha value is -2.94. The van der Waals surface area contributed by atoms with Crippen LogP contribution in [0.4, 0.5) is 0 Å². The number of rotatable bonds is 11. The van der Waals surface area contributed by atoms with Crippen molar-refractivity contribution in [1.29, 1.82) is 0 Å². The first-order valence-electron chi connectivity index (χ1n) is 12.3. The van der Waals surface area contributed by atoms with Gasteiger partial charge in [0.15, 0.2) is 0 Å². The smallest absolute Gasteiger partial charge is 0.329 e. The Morgan fingerprint density at radius 2 is 1.86 bits per heavy atom. The van der Waals surface area contributed by atoms with Gasteiger partial charge in [-0.25, -0.2) is 4.79 Å². The molecule has 0 aromatic heterocycles. The Morgan fingerprint density at radius 3 is 2.43 bits per heavy atom. The second-order valence-corrected chi connectivity index (χ2v) is 10.5. The van der Waals surface area contributed by atoms with Crippen molar-refractivity contribution in [2.24, 2.45) is 11.7 Å². The van der Waals surface area contributed by atoms with Crippen LogP contribution in [0.5, 0.6) is 0 Å².